The molecule has 20 heavy (non-hydrogen) atoms. The highest BCUT2D eigenvalue weighted by atomic mass is 16.7. The zero-order valence-electron chi connectivity index (χ0n) is 12.9. The third-order valence-electron chi connectivity index (χ3n) is 4.14. The highest BCUT2D eigenvalue weighted by Crippen LogP contribution is 2.45. The van der Waals surface area contributed by atoms with Crippen LogP contribution in [0.25, 0.3) is 0 Å². The van der Waals surface area contributed by atoms with Gasteiger partial charge in [-0.15, -0.1) is 0 Å². The van der Waals surface area contributed by atoms with Crippen LogP contribution in [0.4, 0.5) is 0 Å². The molecule has 0 radical (unpaired) electrons. The average molecular weight is 280 g/mol. The monoisotopic (exact) mass is 280 g/mol. The van der Waals surface area contributed by atoms with E-state index in [4.69, 9.17) is 14.2 Å². The van der Waals surface area contributed by atoms with Crippen molar-refractivity contribution in [3.8, 4) is 0 Å². The number of rotatable bonds is 2. The molecule has 112 valence electrons. The Labute approximate surface area is 120 Å². The van der Waals surface area contributed by atoms with Crippen molar-refractivity contribution in [1.29, 1.82) is 0 Å². The summed E-state index contributed by atoms with van der Waals surface area (Å²) >= 11 is 0. The lowest BCUT2D eigenvalue weighted by molar-refractivity contribution is -0.285. The van der Waals surface area contributed by atoms with Crippen molar-refractivity contribution in [3.05, 3.63) is 23.3 Å². The Kier molecular flexibility index (Phi) is 4.07. The average Bonchev–Trinajstić information content (AvgIpc) is 2.36. The molecule has 1 fully saturated rings. The molecule has 1 spiro atoms. The zero-order valence-corrected chi connectivity index (χ0v) is 12.9. The summed E-state index contributed by atoms with van der Waals surface area (Å²) < 4.78 is 16.8. The fourth-order valence-corrected chi connectivity index (χ4v) is 2.77. The Hall–Kier alpha value is -1.13. The normalized spacial score (nSPS) is 24.9. The van der Waals surface area contributed by atoms with Crippen molar-refractivity contribution < 1.29 is 19.0 Å². The molecule has 2 aliphatic rings. The Balaban J connectivity index is 2.12. The standard InChI is InChI=1S/C16H24O4/c1-11-6-16(9-19-15(4,5)20-10-16)7-14(12(11)2)8-18-13(3)17/h1,6-10H2,2-5H3. The lowest BCUT2D eigenvalue weighted by atomic mass is 9.70. The van der Waals surface area contributed by atoms with Gasteiger partial charge in [0, 0.05) is 12.3 Å². The first kappa shape index (κ1) is 15.3. The number of carbonyl (C=O) groups excluding carboxylic acids is 1. The first-order valence-electron chi connectivity index (χ1n) is 7.01. The maximum atomic E-state index is 11.0. The molecular weight excluding hydrogens is 256 g/mol. The van der Waals surface area contributed by atoms with E-state index in [-0.39, 0.29) is 11.4 Å². The van der Waals surface area contributed by atoms with E-state index < -0.39 is 5.79 Å². The minimum Gasteiger partial charge on any atom is -0.461 e. The molecular formula is C16H24O4. The van der Waals surface area contributed by atoms with Crippen LogP contribution in [-0.2, 0) is 19.0 Å². The largest absolute Gasteiger partial charge is 0.461 e. The second kappa shape index (κ2) is 5.34. The zero-order chi connectivity index (χ0) is 15.0. The summed E-state index contributed by atoms with van der Waals surface area (Å²) in [5, 5.41) is 0. The summed E-state index contributed by atoms with van der Waals surface area (Å²) in [5.74, 6) is -0.772. The highest BCUT2D eigenvalue weighted by molar-refractivity contribution is 5.66. The summed E-state index contributed by atoms with van der Waals surface area (Å²) in [7, 11) is 0. The quantitative estimate of drug-likeness (QED) is 0.729. The molecule has 0 aromatic carbocycles. The first-order chi connectivity index (χ1) is 9.23. The molecule has 0 saturated carbocycles. The lowest BCUT2D eigenvalue weighted by Crippen LogP contribution is -2.48. The predicted molar refractivity (Wildman–Crippen MR) is 76.1 cm³/mol. The lowest BCUT2D eigenvalue weighted by Gasteiger charge is -2.46. The van der Waals surface area contributed by atoms with Crippen LogP contribution in [0.3, 0.4) is 0 Å². The van der Waals surface area contributed by atoms with E-state index in [2.05, 4.69) is 6.58 Å². The van der Waals surface area contributed by atoms with Gasteiger partial charge in [-0.25, -0.2) is 0 Å². The molecule has 1 heterocycles. The number of hydrogen-bond donors (Lipinski definition) is 0. The summed E-state index contributed by atoms with van der Waals surface area (Å²) in [6, 6.07) is 0. The van der Waals surface area contributed by atoms with Gasteiger partial charge in [-0.05, 0) is 44.8 Å². The maximum Gasteiger partial charge on any atom is 0.302 e. The highest BCUT2D eigenvalue weighted by Gasteiger charge is 2.43. The maximum absolute atomic E-state index is 11.0. The molecule has 0 N–H and O–H groups in total. The van der Waals surface area contributed by atoms with Crippen molar-refractivity contribution in [2.75, 3.05) is 19.8 Å². The van der Waals surface area contributed by atoms with Crippen LogP contribution in [-0.4, -0.2) is 31.6 Å². The molecule has 1 saturated heterocycles. The molecule has 4 nitrogen and oxygen atoms in total. The van der Waals surface area contributed by atoms with Crippen LogP contribution in [0.15, 0.2) is 23.3 Å². The van der Waals surface area contributed by atoms with E-state index in [1.54, 1.807) is 0 Å². The molecule has 0 bridgehead atoms. The topological polar surface area (TPSA) is 44.8 Å². The Morgan fingerprint density at radius 3 is 2.45 bits per heavy atom. The van der Waals surface area contributed by atoms with Crippen LogP contribution in [0, 0.1) is 5.41 Å². The molecule has 0 aromatic rings. The van der Waals surface area contributed by atoms with Gasteiger partial charge in [0.15, 0.2) is 5.79 Å². The van der Waals surface area contributed by atoms with Crippen LogP contribution in [0.1, 0.15) is 40.5 Å². The van der Waals surface area contributed by atoms with Crippen LogP contribution in [0.5, 0.6) is 0 Å². The van der Waals surface area contributed by atoms with Crippen molar-refractivity contribution in [1.82, 2.24) is 0 Å². The van der Waals surface area contributed by atoms with E-state index in [0.29, 0.717) is 19.8 Å². The fraction of sp³-hybridized carbons (Fsp3) is 0.688. The SMILES string of the molecule is C=C1CC2(COC(C)(C)OC2)CC(COC(C)=O)=C1C. The first-order valence-corrected chi connectivity index (χ1v) is 7.01. The van der Waals surface area contributed by atoms with Crippen LogP contribution in [0.2, 0.25) is 0 Å². The number of esters is 1. The van der Waals surface area contributed by atoms with E-state index >= 15 is 0 Å². The van der Waals surface area contributed by atoms with Crippen molar-refractivity contribution in [2.45, 2.75) is 46.3 Å². The van der Waals surface area contributed by atoms with E-state index in [9.17, 15) is 4.79 Å². The van der Waals surface area contributed by atoms with Gasteiger partial charge in [0.25, 0.3) is 0 Å². The molecule has 0 atom stereocenters. The summed E-state index contributed by atoms with van der Waals surface area (Å²) in [4.78, 5) is 11.0. The predicted octanol–water partition coefficient (Wildman–Crippen LogP) is 2.99. The van der Waals surface area contributed by atoms with Gasteiger partial charge in [-0.2, -0.15) is 0 Å². The van der Waals surface area contributed by atoms with Crippen molar-refractivity contribution in [3.63, 3.8) is 0 Å². The van der Waals surface area contributed by atoms with Crippen LogP contribution < -0.4 is 0 Å². The van der Waals surface area contributed by atoms with Crippen molar-refractivity contribution >= 4 is 5.97 Å². The Bertz CT molecular complexity index is 449. The number of carbonyl (C=O) groups is 1. The number of allylic oxidation sites excluding steroid dienone is 2. The number of ether oxygens (including phenoxy) is 3. The Morgan fingerprint density at radius 1 is 1.30 bits per heavy atom. The minimum atomic E-state index is -0.515. The second-order valence-electron chi connectivity index (χ2n) is 6.44. The number of hydrogen-bond acceptors (Lipinski definition) is 4. The van der Waals surface area contributed by atoms with Crippen molar-refractivity contribution in [2.24, 2.45) is 5.41 Å². The second-order valence-corrected chi connectivity index (χ2v) is 6.44. The van der Waals surface area contributed by atoms with Gasteiger partial charge in [0.2, 0.25) is 0 Å². The summed E-state index contributed by atoms with van der Waals surface area (Å²) in [6.07, 6.45) is 1.71. The van der Waals surface area contributed by atoms with Gasteiger partial charge in [0.05, 0.1) is 13.2 Å². The third-order valence-corrected chi connectivity index (χ3v) is 4.14. The molecule has 2 rings (SSSR count). The van der Waals surface area contributed by atoms with E-state index in [0.717, 1.165) is 29.6 Å². The molecule has 1 aliphatic heterocycles. The van der Waals surface area contributed by atoms with Gasteiger partial charge in [-0.1, -0.05) is 12.2 Å². The summed E-state index contributed by atoms with van der Waals surface area (Å²) in [6.45, 7) is 13.1. The summed E-state index contributed by atoms with van der Waals surface area (Å²) in [5.41, 5.74) is 3.30. The smallest absolute Gasteiger partial charge is 0.302 e. The molecule has 0 amide bonds. The van der Waals surface area contributed by atoms with E-state index in [1.165, 1.54) is 6.92 Å². The molecule has 0 aromatic heterocycles. The third kappa shape index (κ3) is 3.30. The van der Waals surface area contributed by atoms with Crippen LogP contribution >= 0.6 is 0 Å². The molecule has 4 heteroatoms. The van der Waals surface area contributed by atoms with Gasteiger partial charge < -0.3 is 14.2 Å². The molecule has 0 unspecified atom stereocenters. The van der Waals surface area contributed by atoms with E-state index in [1.807, 2.05) is 20.8 Å². The van der Waals surface area contributed by atoms with Gasteiger partial charge >= 0.3 is 5.97 Å². The fourth-order valence-electron chi connectivity index (χ4n) is 2.77. The Morgan fingerprint density at radius 2 is 1.90 bits per heavy atom. The minimum absolute atomic E-state index is 0.0679. The molecule has 1 aliphatic carbocycles. The van der Waals surface area contributed by atoms with Gasteiger partial charge in [0.1, 0.15) is 6.61 Å². The van der Waals surface area contributed by atoms with Gasteiger partial charge in [-0.3, -0.25) is 4.79 Å².